The number of quaternary nitrogens is 1. The molecular formula is C22H28N3OS+. The van der Waals surface area contributed by atoms with Gasteiger partial charge in [-0.3, -0.25) is 0 Å². The van der Waals surface area contributed by atoms with Crippen LogP contribution in [-0.2, 0) is 6.54 Å². The van der Waals surface area contributed by atoms with Crippen molar-refractivity contribution in [2.24, 2.45) is 0 Å². The highest BCUT2D eigenvalue weighted by molar-refractivity contribution is 7.98. The van der Waals surface area contributed by atoms with Crippen LogP contribution < -0.4 is 15.5 Å². The van der Waals surface area contributed by atoms with Crippen LogP contribution in [0.2, 0.25) is 0 Å². The number of piperidine rings is 1. The molecule has 0 saturated carbocycles. The Morgan fingerprint density at radius 2 is 1.70 bits per heavy atom. The SMILES string of the molecule is CSc1ccc(NC(=O)NC2C[C@H]3CC[C@@H](C2)[NH+]3Cc2ccccc2)cc1. The molecule has 4 atom stereocenters. The second-order valence-corrected chi connectivity index (χ2v) is 8.58. The van der Waals surface area contributed by atoms with Gasteiger partial charge in [-0.15, -0.1) is 11.8 Å². The van der Waals surface area contributed by atoms with Crippen molar-refractivity contribution in [3.05, 3.63) is 60.2 Å². The van der Waals surface area contributed by atoms with Crippen molar-refractivity contribution in [1.29, 1.82) is 0 Å². The molecule has 3 N–H and O–H groups in total. The fourth-order valence-corrected chi connectivity index (χ4v) is 5.10. The molecule has 2 amide bonds. The van der Waals surface area contributed by atoms with E-state index in [0.29, 0.717) is 12.1 Å². The van der Waals surface area contributed by atoms with Crippen LogP contribution >= 0.6 is 11.8 Å². The molecule has 4 nitrogen and oxygen atoms in total. The molecule has 2 aromatic carbocycles. The average molecular weight is 383 g/mol. The van der Waals surface area contributed by atoms with Crippen LogP contribution in [0.25, 0.3) is 0 Å². The molecule has 2 aliphatic heterocycles. The number of carbonyl (C=O) groups excluding carboxylic acids is 1. The first kappa shape index (κ1) is 18.4. The summed E-state index contributed by atoms with van der Waals surface area (Å²) in [6.07, 6.45) is 6.77. The number of hydrogen-bond acceptors (Lipinski definition) is 2. The maximum atomic E-state index is 12.4. The fourth-order valence-electron chi connectivity index (χ4n) is 4.69. The molecule has 0 spiro atoms. The third-order valence-electron chi connectivity index (χ3n) is 5.98. The number of fused-ring (bicyclic) bond motifs is 2. The highest BCUT2D eigenvalue weighted by Gasteiger charge is 2.44. The van der Waals surface area contributed by atoms with E-state index in [-0.39, 0.29) is 12.1 Å². The second kappa shape index (κ2) is 8.36. The number of carbonyl (C=O) groups is 1. The summed E-state index contributed by atoms with van der Waals surface area (Å²) >= 11 is 1.70. The van der Waals surface area contributed by atoms with Crippen LogP contribution in [0, 0.1) is 0 Å². The molecule has 142 valence electrons. The van der Waals surface area contributed by atoms with Crippen LogP contribution in [0.4, 0.5) is 10.5 Å². The van der Waals surface area contributed by atoms with Gasteiger partial charge in [0.1, 0.15) is 6.54 Å². The monoisotopic (exact) mass is 382 g/mol. The molecule has 0 aromatic heterocycles. The molecule has 2 aromatic rings. The van der Waals surface area contributed by atoms with Crippen molar-refractivity contribution in [1.82, 2.24) is 5.32 Å². The first-order chi connectivity index (χ1) is 13.2. The Labute approximate surface area is 165 Å². The predicted molar refractivity (Wildman–Crippen MR) is 111 cm³/mol. The first-order valence-corrected chi connectivity index (χ1v) is 11.0. The zero-order valence-electron chi connectivity index (χ0n) is 15.8. The van der Waals surface area contributed by atoms with Gasteiger partial charge in [-0.1, -0.05) is 30.3 Å². The number of benzene rings is 2. The van der Waals surface area contributed by atoms with E-state index in [1.807, 2.05) is 24.3 Å². The van der Waals surface area contributed by atoms with Crippen molar-refractivity contribution in [3.63, 3.8) is 0 Å². The average Bonchev–Trinajstić information content (AvgIpc) is 2.91. The summed E-state index contributed by atoms with van der Waals surface area (Å²) in [6, 6.07) is 20.3. The first-order valence-electron chi connectivity index (χ1n) is 9.82. The normalized spacial score (nSPS) is 26.6. The lowest BCUT2D eigenvalue weighted by atomic mass is 9.96. The largest absolute Gasteiger partial charge is 0.335 e. The molecular weight excluding hydrogens is 354 g/mol. The molecule has 0 radical (unpaired) electrons. The Balaban J connectivity index is 1.31. The summed E-state index contributed by atoms with van der Waals surface area (Å²) in [5.74, 6) is 0. The standard InChI is InChI=1S/C22H27N3OS/c1-27-21-11-7-17(8-12-21)23-22(26)24-18-13-19-9-10-20(14-18)25(19)15-16-5-3-2-4-6-16/h2-8,11-12,18-20H,9-10,13-15H2,1H3,(H2,23,24,26)/p+1/t18?,19-,20+. The Hall–Kier alpha value is -1.98. The van der Waals surface area contributed by atoms with Gasteiger partial charge in [-0.25, -0.2) is 4.79 Å². The fraction of sp³-hybridized carbons (Fsp3) is 0.409. The van der Waals surface area contributed by atoms with E-state index in [0.717, 1.165) is 25.1 Å². The minimum absolute atomic E-state index is 0.0807. The number of anilines is 1. The smallest absolute Gasteiger partial charge is 0.319 e. The summed E-state index contributed by atoms with van der Waals surface area (Å²) in [7, 11) is 0. The summed E-state index contributed by atoms with van der Waals surface area (Å²) in [4.78, 5) is 15.3. The lowest BCUT2D eigenvalue weighted by Crippen LogP contribution is -3.17. The van der Waals surface area contributed by atoms with Gasteiger partial charge in [-0.05, 0) is 30.5 Å². The molecule has 2 heterocycles. The zero-order chi connectivity index (χ0) is 18.6. The maximum Gasteiger partial charge on any atom is 0.319 e. The minimum atomic E-state index is -0.0807. The lowest BCUT2D eigenvalue weighted by Gasteiger charge is -2.36. The molecule has 0 aliphatic carbocycles. The molecule has 4 rings (SSSR count). The zero-order valence-corrected chi connectivity index (χ0v) is 16.6. The third kappa shape index (κ3) is 4.47. The van der Waals surface area contributed by atoms with Crippen LogP contribution in [-0.4, -0.2) is 30.4 Å². The summed E-state index contributed by atoms with van der Waals surface area (Å²) in [5, 5.41) is 6.19. The van der Waals surface area contributed by atoms with Gasteiger partial charge in [0.05, 0.1) is 12.1 Å². The van der Waals surface area contributed by atoms with Crippen molar-refractivity contribution >= 4 is 23.5 Å². The molecule has 2 saturated heterocycles. The highest BCUT2D eigenvalue weighted by Crippen LogP contribution is 2.24. The van der Waals surface area contributed by atoms with E-state index in [2.05, 4.69) is 47.2 Å². The van der Waals surface area contributed by atoms with Gasteiger partial charge in [0.2, 0.25) is 0 Å². The summed E-state index contributed by atoms with van der Waals surface area (Å²) in [6.45, 7) is 1.11. The molecule has 2 aliphatic rings. The van der Waals surface area contributed by atoms with Gasteiger partial charge < -0.3 is 15.5 Å². The predicted octanol–water partition coefficient (Wildman–Crippen LogP) is 3.31. The minimum Gasteiger partial charge on any atom is -0.335 e. The lowest BCUT2D eigenvalue weighted by molar-refractivity contribution is -0.954. The van der Waals surface area contributed by atoms with Crippen LogP contribution in [0.15, 0.2) is 59.5 Å². The molecule has 5 heteroatoms. The van der Waals surface area contributed by atoms with E-state index < -0.39 is 0 Å². The van der Waals surface area contributed by atoms with Crippen molar-refractivity contribution in [2.75, 3.05) is 11.6 Å². The van der Waals surface area contributed by atoms with Gasteiger partial charge in [0, 0.05) is 47.9 Å². The number of rotatable bonds is 5. The summed E-state index contributed by atoms with van der Waals surface area (Å²) in [5.41, 5.74) is 2.27. The second-order valence-electron chi connectivity index (χ2n) is 7.70. The van der Waals surface area contributed by atoms with Gasteiger partial charge >= 0.3 is 6.03 Å². The topological polar surface area (TPSA) is 45.6 Å². The molecule has 2 fully saturated rings. The Morgan fingerprint density at radius 1 is 1.04 bits per heavy atom. The quantitative estimate of drug-likeness (QED) is 0.695. The number of amides is 2. The van der Waals surface area contributed by atoms with Gasteiger partial charge in [-0.2, -0.15) is 0 Å². The Kier molecular flexibility index (Phi) is 5.69. The summed E-state index contributed by atoms with van der Waals surface area (Å²) < 4.78 is 0. The number of thioether (sulfide) groups is 1. The van der Waals surface area contributed by atoms with Crippen molar-refractivity contribution < 1.29 is 9.69 Å². The number of hydrogen-bond donors (Lipinski definition) is 3. The Morgan fingerprint density at radius 3 is 2.33 bits per heavy atom. The highest BCUT2D eigenvalue weighted by atomic mass is 32.2. The van der Waals surface area contributed by atoms with Crippen molar-refractivity contribution in [2.45, 2.75) is 55.2 Å². The van der Waals surface area contributed by atoms with E-state index in [9.17, 15) is 4.79 Å². The van der Waals surface area contributed by atoms with E-state index in [4.69, 9.17) is 0 Å². The van der Waals surface area contributed by atoms with Crippen LogP contribution in [0.1, 0.15) is 31.2 Å². The maximum absolute atomic E-state index is 12.4. The molecule has 27 heavy (non-hydrogen) atoms. The Bertz CT molecular complexity index is 751. The van der Waals surface area contributed by atoms with E-state index in [1.54, 1.807) is 16.7 Å². The van der Waals surface area contributed by atoms with Gasteiger partial charge in [0.25, 0.3) is 0 Å². The van der Waals surface area contributed by atoms with E-state index in [1.165, 1.54) is 23.3 Å². The third-order valence-corrected chi connectivity index (χ3v) is 6.73. The molecule has 2 unspecified atom stereocenters. The number of nitrogens with one attached hydrogen (secondary N) is 3. The van der Waals surface area contributed by atoms with Crippen LogP contribution in [0.3, 0.4) is 0 Å². The van der Waals surface area contributed by atoms with Crippen molar-refractivity contribution in [3.8, 4) is 0 Å². The van der Waals surface area contributed by atoms with Gasteiger partial charge in [0.15, 0.2) is 0 Å². The number of urea groups is 1. The van der Waals surface area contributed by atoms with E-state index >= 15 is 0 Å². The molecule has 2 bridgehead atoms. The van der Waals surface area contributed by atoms with Crippen LogP contribution in [0.5, 0.6) is 0 Å².